The van der Waals surface area contributed by atoms with E-state index in [1.807, 2.05) is 18.2 Å². The number of amides is 1. The van der Waals surface area contributed by atoms with Crippen LogP contribution in [-0.2, 0) is 4.79 Å². The minimum absolute atomic E-state index is 0.136. The molecule has 0 radical (unpaired) electrons. The van der Waals surface area contributed by atoms with Crippen LogP contribution in [0.5, 0.6) is 11.5 Å². The minimum atomic E-state index is -0.577. The zero-order valence-corrected chi connectivity index (χ0v) is 20.5. The van der Waals surface area contributed by atoms with Crippen molar-refractivity contribution in [1.82, 2.24) is 0 Å². The Labute approximate surface area is 207 Å². The van der Waals surface area contributed by atoms with Crippen LogP contribution in [0.3, 0.4) is 0 Å². The standard InChI is InChI=1S/C24H16BrIN2O4/c1-31-21-9-2-15(3-10-21)24(30)32-22-11-4-18(25)13-16(22)12-17(14-27)23(29)28-20-7-5-19(26)6-8-20/h2-13H,1H3,(H,28,29)/b17-12+. The summed E-state index contributed by atoms with van der Waals surface area (Å²) in [5, 5.41) is 12.2. The molecule has 0 fully saturated rings. The summed E-state index contributed by atoms with van der Waals surface area (Å²) in [4.78, 5) is 25.2. The highest BCUT2D eigenvalue weighted by Crippen LogP contribution is 2.27. The molecule has 0 saturated carbocycles. The number of esters is 1. The van der Waals surface area contributed by atoms with E-state index < -0.39 is 11.9 Å². The van der Waals surface area contributed by atoms with Crippen molar-refractivity contribution >= 4 is 62.2 Å². The molecule has 0 heterocycles. The van der Waals surface area contributed by atoms with Crippen molar-refractivity contribution in [3.63, 3.8) is 0 Å². The number of nitriles is 1. The van der Waals surface area contributed by atoms with Crippen LogP contribution in [-0.4, -0.2) is 19.0 Å². The molecule has 32 heavy (non-hydrogen) atoms. The number of halogens is 2. The van der Waals surface area contributed by atoms with Crippen LogP contribution in [0.25, 0.3) is 6.08 Å². The molecule has 0 bridgehead atoms. The predicted octanol–water partition coefficient (Wildman–Crippen LogP) is 5.83. The molecule has 8 heteroatoms. The molecule has 1 N–H and O–H groups in total. The van der Waals surface area contributed by atoms with Crippen LogP contribution in [0.2, 0.25) is 0 Å². The number of anilines is 1. The van der Waals surface area contributed by atoms with Gasteiger partial charge in [0.05, 0.1) is 12.7 Å². The van der Waals surface area contributed by atoms with Crippen LogP contribution in [0.4, 0.5) is 5.69 Å². The maximum atomic E-state index is 12.6. The highest BCUT2D eigenvalue weighted by Gasteiger charge is 2.15. The Morgan fingerprint density at radius 1 is 1.06 bits per heavy atom. The normalized spacial score (nSPS) is 10.8. The smallest absolute Gasteiger partial charge is 0.343 e. The lowest BCUT2D eigenvalue weighted by molar-refractivity contribution is -0.112. The average Bonchev–Trinajstić information content (AvgIpc) is 2.80. The van der Waals surface area contributed by atoms with E-state index >= 15 is 0 Å². The summed E-state index contributed by atoms with van der Waals surface area (Å²) in [6.07, 6.45) is 1.38. The van der Waals surface area contributed by atoms with Gasteiger partial charge in [0.15, 0.2) is 0 Å². The number of carbonyl (C=O) groups is 2. The van der Waals surface area contributed by atoms with Crippen LogP contribution in [0.1, 0.15) is 15.9 Å². The Hall–Kier alpha value is -3.16. The van der Waals surface area contributed by atoms with Crippen molar-refractivity contribution in [1.29, 1.82) is 5.26 Å². The maximum absolute atomic E-state index is 12.6. The second kappa shape index (κ2) is 10.9. The van der Waals surface area contributed by atoms with Crippen molar-refractivity contribution in [3.8, 4) is 17.6 Å². The predicted molar refractivity (Wildman–Crippen MR) is 133 cm³/mol. The van der Waals surface area contributed by atoms with Crippen molar-refractivity contribution in [3.05, 3.63) is 91.5 Å². The zero-order valence-electron chi connectivity index (χ0n) is 16.8. The molecule has 0 unspecified atom stereocenters. The molecule has 0 aliphatic carbocycles. The Bertz CT molecular complexity index is 1220. The van der Waals surface area contributed by atoms with Gasteiger partial charge in [0.1, 0.15) is 23.1 Å². The molecule has 1 amide bonds. The van der Waals surface area contributed by atoms with E-state index in [1.165, 1.54) is 13.2 Å². The highest BCUT2D eigenvalue weighted by molar-refractivity contribution is 14.1. The number of methoxy groups -OCH3 is 1. The van der Waals surface area contributed by atoms with E-state index in [0.29, 0.717) is 27.0 Å². The molecule has 0 spiro atoms. The number of carbonyl (C=O) groups excluding carboxylic acids is 2. The molecule has 0 saturated heterocycles. The summed E-state index contributed by atoms with van der Waals surface area (Å²) in [7, 11) is 1.54. The van der Waals surface area contributed by atoms with Crippen LogP contribution < -0.4 is 14.8 Å². The van der Waals surface area contributed by atoms with Crippen LogP contribution in [0.15, 0.2) is 76.8 Å². The van der Waals surface area contributed by atoms with Crippen LogP contribution in [0, 0.1) is 14.9 Å². The second-order valence-electron chi connectivity index (χ2n) is 6.43. The zero-order chi connectivity index (χ0) is 23.1. The van der Waals surface area contributed by atoms with E-state index in [9.17, 15) is 14.9 Å². The third kappa shape index (κ3) is 6.18. The van der Waals surface area contributed by atoms with E-state index in [2.05, 4.69) is 43.8 Å². The van der Waals surface area contributed by atoms with Crippen molar-refractivity contribution in [2.24, 2.45) is 0 Å². The van der Waals surface area contributed by atoms with E-state index in [-0.39, 0.29) is 11.3 Å². The van der Waals surface area contributed by atoms with Gasteiger partial charge in [-0.2, -0.15) is 5.26 Å². The Kier molecular flexibility index (Phi) is 8.03. The van der Waals surface area contributed by atoms with Gasteiger partial charge in [-0.3, -0.25) is 4.79 Å². The van der Waals surface area contributed by atoms with Gasteiger partial charge in [-0.1, -0.05) is 15.9 Å². The number of benzene rings is 3. The van der Waals surface area contributed by atoms with Gasteiger partial charge in [0.25, 0.3) is 5.91 Å². The Morgan fingerprint density at radius 2 is 1.75 bits per heavy atom. The van der Waals surface area contributed by atoms with Crippen molar-refractivity contribution in [2.75, 3.05) is 12.4 Å². The molecule has 6 nitrogen and oxygen atoms in total. The number of rotatable bonds is 6. The van der Waals surface area contributed by atoms with Gasteiger partial charge in [0.2, 0.25) is 0 Å². The van der Waals surface area contributed by atoms with Crippen LogP contribution >= 0.6 is 38.5 Å². The molecule has 3 aromatic rings. The van der Waals surface area contributed by atoms with E-state index in [4.69, 9.17) is 9.47 Å². The molecule has 3 aromatic carbocycles. The Morgan fingerprint density at radius 3 is 2.38 bits per heavy atom. The SMILES string of the molecule is COc1ccc(C(=O)Oc2ccc(Br)cc2/C=C(\C#N)C(=O)Nc2ccc(I)cc2)cc1. The fourth-order valence-corrected chi connectivity index (χ4v) is 3.39. The number of nitrogens with one attached hydrogen (secondary N) is 1. The first-order valence-electron chi connectivity index (χ1n) is 9.24. The van der Waals surface area contributed by atoms with Crippen molar-refractivity contribution < 1.29 is 19.1 Å². The summed E-state index contributed by atoms with van der Waals surface area (Å²) in [5.74, 6) is -0.317. The summed E-state index contributed by atoms with van der Waals surface area (Å²) < 4.78 is 12.3. The van der Waals surface area contributed by atoms with Gasteiger partial charge in [-0.25, -0.2) is 4.79 Å². The quantitative estimate of drug-likeness (QED) is 0.126. The second-order valence-corrected chi connectivity index (χ2v) is 8.59. The molecular formula is C24H16BrIN2O4. The summed E-state index contributed by atoms with van der Waals surface area (Å²) in [6.45, 7) is 0. The molecular weight excluding hydrogens is 587 g/mol. The lowest BCUT2D eigenvalue weighted by Crippen LogP contribution is -2.13. The van der Waals surface area contributed by atoms with Gasteiger partial charge in [-0.05, 0) is 95.4 Å². The molecule has 0 aromatic heterocycles. The molecule has 0 aliphatic heterocycles. The molecule has 0 aliphatic rings. The fourth-order valence-electron chi connectivity index (χ4n) is 2.65. The number of hydrogen-bond acceptors (Lipinski definition) is 5. The first-order chi connectivity index (χ1) is 15.4. The summed E-state index contributed by atoms with van der Waals surface area (Å²) >= 11 is 5.53. The third-order valence-corrected chi connectivity index (χ3v) is 5.48. The molecule has 160 valence electrons. The van der Waals surface area contributed by atoms with E-state index in [1.54, 1.807) is 54.6 Å². The third-order valence-electron chi connectivity index (χ3n) is 4.27. The summed E-state index contributed by atoms with van der Waals surface area (Å²) in [5.41, 5.74) is 1.16. The fraction of sp³-hybridized carbons (Fsp3) is 0.0417. The lowest BCUT2D eigenvalue weighted by Gasteiger charge is -2.10. The van der Waals surface area contributed by atoms with Gasteiger partial charge < -0.3 is 14.8 Å². The topological polar surface area (TPSA) is 88.4 Å². The van der Waals surface area contributed by atoms with Gasteiger partial charge in [0, 0.05) is 19.3 Å². The molecule has 3 rings (SSSR count). The Balaban J connectivity index is 1.85. The first-order valence-corrected chi connectivity index (χ1v) is 11.1. The minimum Gasteiger partial charge on any atom is -0.497 e. The summed E-state index contributed by atoms with van der Waals surface area (Å²) in [6, 6.07) is 20.5. The molecule has 0 atom stereocenters. The first kappa shape index (κ1) is 23.5. The van der Waals surface area contributed by atoms with Gasteiger partial charge in [-0.15, -0.1) is 0 Å². The lowest BCUT2D eigenvalue weighted by atomic mass is 10.1. The average molecular weight is 603 g/mol. The number of nitrogens with zero attached hydrogens (tertiary/aromatic N) is 1. The largest absolute Gasteiger partial charge is 0.497 e. The van der Waals surface area contributed by atoms with Gasteiger partial charge >= 0.3 is 5.97 Å². The number of ether oxygens (including phenoxy) is 2. The van der Waals surface area contributed by atoms with E-state index in [0.717, 1.165) is 3.57 Å². The maximum Gasteiger partial charge on any atom is 0.343 e. The number of hydrogen-bond donors (Lipinski definition) is 1. The monoisotopic (exact) mass is 602 g/mol. The highest BCUT2D eigenvalue weighted by atomic mass is 127. The van der Waals surface area contributed by atoms with Crippen molar-refractivity contribution in [2.45, 2.75) is 0 Å².